The maximum absolute atomic E-state index is 11.4. The molecule has 1 saturated carbocycles. The van der Waals surface area contributed by atoms with Gasteiger partial charge >= 0.3 is 6.09 Å². The number of rotatable bonds is 6. The number of amides is 1. The molecule has 0 saturated heterocycles. The average Bonchev–Trinajstić information content (AvgIpc) is 2.17. The van der Waals surface area contributed by atoms with Gasteiger partial charge in [0.05, 0.1) is 0 Å². The van der Waals surface area contributed by atoms with Gasteiger partial charge in [0.1, 0.15) is 5.60 Å². The molecule has 0 radical (unpaired) electrons. The first-order valence-electron chi connectivity index (χ1n) is 7.10. The summed E-state index contributed by atoms with van der Waals surface area (Å²) in [6.45, 7) is 7.94. The van der Waals surface area contributed by atoms with Crippen molar-refractivity contribution in [2.45, 2.75) is 51.2 Å². The molecular formula is C14H29N3O2. The van der Waals surface area contributed by atoms with Crippen LogP contribution in [0.3, 0.4) is 0 Å². The zero-order chi connectivity index (χ0) is 14.5. The minimum absolute atomic E-state index is 0.325. The monoisotopic (exact) mass is 271 g/mol. The van der Waals surface area contributed by atoms with E-state index in [1.54, 1.807) is 0 Å². The fourth-order valence-corrected chi connectivity index (χ4v) is 2.26. The van der Waals surface area contributed by atoms with Crippen LogP contribution in [0.25, 0.3) is 0 Å². The molecule has 1 fully saturated rings. The maximum Gasteiger partial charge on any atom is 0.407 e. The molecule has 0 spiro atoms. The molecule has 0 atom stereocenters. The number of carbonyl (C=O) groups excluding carboxylic acids is 1. The van der Waals surface area contributed by atoms with Gasteiger partial charge in [-0.05, 0) is 54.1 Å². The van der Waals surface area contributed by atoms with Gasteiger partial charge in [0.25, 0.3) is 0 Å². The van der Waals surface area contributed by atoms with Gasteiger partial charge in [-0.15, -0.1) is 0 Å². The lowest BCUT2D eigenvalue weighted by atomic mass is 9.75. The summed E-state index contributed by atoms with van der Waals surface area (Å²) in [6, 6.07) is 0. The number of likely N-dealkylation sites (N-methyl/N-ethyl adjacent to an activating group) is 1. The molecule has 0 bridgehead atoms. The summed E-state index contributed by atoms with van der Waals surface area (Å²) in [5, 5.41) is 6.17. The van der Waals surface area contributed by atoms with Gasteiger partial charge in [0, 0.05) is 25.2 Å². The van der Waals surface area contributed by atoms with Crippen LogP contribution >= 0.6 is 0 Å². The van der Waals surface area contributed by atoms with Gasteiger partial charge in [0.15, 0.2) is 0 Å². The zero-order valence-electron chi connectivity index (χ0n) is 13.0. The minimum Gasteiger partial charge on any atom is -0.444 e. The number of ether oxygens (including phenoxy) is 1. The molecule has 0 aliphatic heterocycles. The Morgan fingerprint density at radius 2 is 1.89 bits per heavy atom. The second kappa shape index (κ2) is 6.57. The molecule has 2 N–H and O–H groups in total. The van der Waals surface area contributed by atoms with E-state index in [-0.39, 0.29) is 6.09 Å². The molecule has 1 aliphatic rings. The second-order valence-corrected chi connectivity index (χ2v) is 6.58. The first-order chi connectivity index (χ1) is 8.75. The molecule has 0 heterocycles. The standard InChI is InChI=1S/C14H29N3O2/c1-13(2,3)19-12(18)16-10-9-15-11-14(17(4)5)7-6-8-14/h15H,6-11H2,1-5H3,(H,16,18). The van der Waals surface area contributed by atoms with E-state index in [1.807, 2.05) is 20.8 Å². The highest BCUT2D eigenvalue weighted by molar-refractivity contribution is 5.67. The Morgan fingerprint density at radius 1 is 1.26 bits per heavy atom. The lowest BCUT2D eigenvalue weighted by molar-refractivity contribution is 0.0518. The van der Waals surface area contributed by atoms with E-state index in [0.717, 1.165) is 13.1 Å². The van der Waals surface area contributed by atoms with Gasteiger partial charge in [-0.1, -0.05) is 0 Å². The first-order valence-corrected chi connectivity index (χ1v) is 7.10. The predicted octanol–water partition coefficient (Wildman–Crippen LogP) is 1.58. The number of nitrogens with one attached hydrogen (secondary N) is 2. The van der Waals surface area contributed by atoms with Crippen LogP contribution in [0.15, 0.2) is 0 Å². The summed E-state index contributed by atoms with van der Waals surface area (Å²) in [6.07, 6.45) is 3.48. The molecule has 5 nitrogen and oxygen atoms in total. The molecule has 1 amide bonds. The minimum atomic E-state index is -0.432. The fourth-order valence-electron chi connectivity index (χ4n) is 2.26. The van der Waals surface area contributed by atoms with Crippen LogP contribution in [0.4, 0.5) is 4.79 Å². The van der Waals surface area contributed by atoms with Gasteiger partial charge in [-0.3, -0.25) is 0 Å². The van der Waals surface area contributed by atoms with E-state index in [9.17, 15) is 4.79 Å². The molecule has 5 heteroatoms. The Labute approximate surface area is 117 Å². The topological polar surface area (TPSA) is 53.6 Å². The summed E-state index contributed by atoms with van der Waals surface area (Å²) in [5.41, 5.74) is -0.107. The van der Waals surface area contributed by atoms with Gasteiger partial charge in [-0.2, -0.15) is 0 Å². The Balaban J connectivity index is 2.10. The summed E-state index contributed by atoms with van der Waals surface area (Å²) < 4.78 is 5.17. The summed E-state index contributed by atoms with van der Waals surface area (Å²) in [7, 11) is 4.28. The largest absolute Gasteiger partial charge is 0.444 e. The van der Waals surface area contributed by atoms with Crippen LogP contribution in [0.1, 0.15) is 40.0 Å². The quantitative estimate of drug-likeness (QED) is 0.720. The van der Waals surface area contributed by atoms with Gasteiger partial charge in [-0.25, -0.2) is 4.79 Å². The lowest BCUT2D eigenvalue weighted by Crippen LogP contribution is -2.57. The third-order valence-electron chi connectivity index (χ3n) is 3.66. The normalized spacial score (nSPS) is 18.0. The molecule has 0 aromatic rings. The van der Waals surface area contributed by atoms with E-state index in [0.29, 0.717) is 12.1 Å². The molecule has 1 rings (SSSR count). The van der Waals surface area contributed by atoms with Crippen molar-refractivity contribution < 1.29 is 9.53 Å². The molecule has 0 unspecified atom stereocenters. The molecule has 0 aromatic heterocycles. The van der Waals surface area contributed by atoms with Crippen LogP contribution in [0, 0.1) is 0 Å². The smallest absolute Gasteiger partial charge is 0.407 e. The molecule has 112 valence electrons. The highest BCUT2D eigenvalue weighted by atomic mass is 16.6. The predicted molar refractivity (Wildman–Crippen MR) is 77.4 cm³/mol. The Hall–Kier alpha value is -0.810. The van der Waals surface area contributed by atoms with Crippen molar-refractivity contribution in [2.75, 3.05) is 33.7 Å². The van der Waals surface area contributed by atoms with E-state index in [4.69, 9.17) is 4.74 Å². The highest BCUT2D eigenvalue weighted by Gasteiger charge is 2.38. The Bertz CT molecular complexity index is 294. The second-order valence-electron chi connectivity index (χ2n) is 6.58. The van der Waals surface area contributed by atoms with Crippen molar-refractivity contribution >= 4 is 6.09 Å². The number of alkyl carbamates (subject to hydrolysis) is 1. The Morgan fingerprint density at radius 3 is 2.32 bits per heavy atom. The van der Waals surface area contributed by atoms with Gasteiger partial charge in [0.2, 0.25) is 0 Å². The van der Waals surface area contributed by atoms with Crippen molar-refractivity contribution in [3.63, 3.8) is 0 Å². The highest BCUT2D eigenvalue weighted by Crippen LogP contribution is 2.35. The average molecular weight is 271 g/mol. The summed E-state index contributed by atoms with van der Waals surface area (Å²) >= 11 is 0. The number of carbonyl (C=O) groups is 1. The van der Waals surface area contributed by atoms with E-state index in [1.165, 1.54) is 19.3 Å². The van der Waals surface area contributed by atoms with Crippen LogP contribution in [0.5, 0.6) is 0 Å². The molecular weight excluding hydrogens is 242 g/mol. The summed E-state index contributed by atoms with van der Waals surface area (Å²) in [5.74, 6) is 0. The van der Waals surface area contributed by atoms with Crippen molar-refractivity contribution in [1.82, 2.24) is 15.5 Å². The van der Waals surface area contributed by atoms with Crippen molar-refractivity contribution in [1.29, 1.82) is 0 Å². The van der Waals surface area contributed by atoms with Crippen LogP contribution < -0.4 is 10.6 Å². The van der Waals surface area contributed by atoms with Crippen molar-refractivity contribution in [3.05, 3.63) is 0 Å². The van der Waals surface area contributed by atoms with E-state index >= 15 is 0 Å². The number of hydrogen-bond donors (Lipinski definition) is 2. The molecule has 19 heavy (non-hydrogen) atoms. The third kappa shape index (κ3) is 5.37. The third-order valence-corrected chi connectivity index (χ3v) is 3.66. The van der Waals surface area contributed by atoms with Crippen molar-refractivity contribution in [2.24, 2.45) is 0 Å². The molecule has 1 aliphatic carbocycles. The zero-order valence-corrected chi connectivity index (χ0v) is 13.0. The maximum atomic E-state index is 11.4. The number of nitrogens with zero attached hydrogens (tertiary/aromatic N) is 1. The van der Waals surface area contributed by atoms with E-state index < -0.39 is 5.60 Å². The molecule has 0 aromatic carbocycles. The fraction of sp³-hybridized carbons (Fsp3) is 0.929. The first kappa shape index (κ1) is 16.2. The summed E-state index contributed by atoms with van der Waals surface area (Å²) in [4.78, 5) is 13.7. The van der Waals surface area contributed by atoms with Crippen LogP contribution in [0.2, 0.25) is 0 Å². The lowest BCUT2D eigenvalue weighted by Gasteiger charge is -2.47. The van der Waals surface area contributed by atoms with Crippen LogP contribution in [-0.4, -0.2) is 55.9 Å². The Kier molecular flexibility index (Phi) is 5.62. The SMILES string of the molecule is CN(C)C1(CNCCNC(=O)OC(C)(C)C)CCC1. The van der Waals surface area contributed by atoms with E-state index in [2.05, 4.69) is 29.6 Å². The van der Waals surface area contributed by atoms with Gasteiger partial charge < -0.3 is 20.3 Å². The number of hydrogen-bond acceptors (Lipinski definition) is 4. The van der Waals surface area contributed by atoms with Crippen molar-refractivity contribution in [3.8, 4) is 0 Å². The van der Waals surface area contributed by atoms with Crippen LogP contribution in [-0.2, 0) is 4.74 Å².